The summed E-state index contributed by atoms with van der Waals surface area (Å²) in [4.78, 5) is 11.8. The highest BCUT2D eigenvalue weighted by atomic mass is 19.1. The van der Waals surface area contributed by atoms with Crippen LogP contribution >= 0.6 is 0 Å². The van der Waals surface area contributed by atoms with E-state index >= 15 is 0 Å². The molecule has 1 aliphatic rings. The van der Waals surface area contributed by atoms with E-state index in [1.54, 1.807) is 18.0 Å². The molecule has 1 fully saturated rings. The lowest BCUT2D eigenvalue weighted by molar-refractivity contribution is -0.386. The van der Waals surface area contributed by atoms with Crippen molar-refractivity contribution in [3.63, 3.8) is 0 Å². The van der Waals surface area contributed by atoms with Crippen LogP contribution in [0, 0.1) is 15.9 Å². The molecule has 1 aromatic rings. The van der Waals surface area contributed by atoms with E-state index < -0.39 is 16.4 Å². The minimum atomic E-state index is -0.773. The van der Waals surface area contributed by atoms with E-state index in [1.807, 2.05) is 0 Å². The van der Waals surface area contributed by atoms with Gasteiger partial charge < -0.3 is 4.90 Å². The normalized spacial score (nSPS) is 15.1. The molecule has 0 unspecified atom stereocenters. The van der Waals surface area contributed by atoms with E-state index in [0.717, 1.165) is 18.9 Å². The van der Waals surface area contributed by atoms with Gasteiger partial charge in [-0.25, -0.2) is 0 Å². The van der Waals surface area contributed by atoms with Crippen molar-refractivity contribution in [2.24, 2.45) is 0 Å². The Morgan fingerprint density at radius 1 is 1.53 bits per heavy atom. The molecule has 0 N–H and O–H groups in total. The van der Waals surface area contributed by atoms with E-state index in [-0.39, 0.29) is 0 Å². The molecule has 15 heavy (non-hydrogen) atoms. The van der Waals surface area contributed by atoms with Crippen LogP contribution in [-0.2, 0) is 0 Å². The third-order valence-electron chi connectivity index (χ3n) is 2.62. The molecular weight excluding hydrogens is 199 g/mol. The second kappa shape index (κ2) is 3.49. The molecule has 4 nitrogen and oxygen atoms in total. The molecule has 80 valence electrons. The number of nitrogens with zero attached hydrogens (tertiary/aromatic N) is 2. The van der Waals surface area contributed by atoms with Crippen LogP contribution in [0.5, 0.6) is 0 Å². The van der Waals surface area contributed by atoms with E-state index in [4.69, 9.17) is 0 Å². The topological polar surface area (TPSA) is 46.4 Å². The zero-order valence-electron chi connectivity index (χ0n) is 8.31. The number of rotatable bonds is 3. The molecule has 2 rings (SSSR count). The molecule has 0 bridgehead atoms. The largest absolute Gasteiger partial charge is 0.366 e. The van der Waals surface area contributed by atoms with Gasteiger partial charge in [-0.1, -0.05) is 6.07 Å². The summed E-state index contributed by atoms with van der Waals surface area (Å²) in [5.74, 6) is -0.773. The fourth-order valence-electron chi connectivity index (χ4n) is 1.63. The van der Waals surface area contributed by atoms with Gasteiger partial charge in [-0.15, -0.1) is 0 Å². The fourth-order valence-corrected chi connectivity index (χ4v) is 1.63. The Balaban J connectivity index is 2.44. The number of nitro groups is 1. The number of anilines is 1. The molecule has 1 saturated carbocycles. The highest BCUT2D eigenvalue weighted by Crippen LogP contribution is 2.36. The van der Waals surface area contributed by atoms with E-state index in [0.29, 0.717) is 11.7 Å². The van der Waals surface area contributed by atoms with Crippen LogP contribution in [0.25, 0.3) is 0 Å². The van der Waals surface area contributed by atoms with Crippen molar-refractivity contribution in [1.82, 2.24) is 0 Å². The molecule has 0 aliphatic heterocycles. The average molecular weight is 210 g/mol. The van der Waals surface area contributed by atoms with Crippen molar-refractivity contribution < 1.29 is 9.31 Å². The number of para-hydroxylation sites is 1. The molecule has 5 heteroatoms. The van der Waals surface area contributed by atoms with E-state index in [1.165, 1.54) is 6.07 Å². The predicted octanol–water partition coefficient (Wildman–Crippen LogP) is 2.33. The number of benzene rings is 1. The van der Waals surface area contributed by atoms with Crippen LogP contribution < -0.4 is 4.90 Å². The summed E-state index contributed by atoms with van der Waals surface area (Å²) >= 11 is 0. The molecule has 0 amide bonds. The first-order valence-corrected chi connectivity index (χ1v) is 4.77. The Hall–Kier alpha value is -1.65. The molecule has 0 heterocycles. The quantitative estimate of drug-likeness (QED) is 0.568. The Labute approximate surface area is 86.5 Å². The maximum absolute atomic E-state index is 13.3. The molecule has 0 spiro atoms. The van der Waals surface area contributed by atoms with Crippen LogP contribution in [0.4, 0.5) is 15.8 Å². The lowest BCUT2D eigenvalue weighted by atomic mass is 10.2. The maximum atomic E-state index is 13.3. The molecular formula is C10H11FN2O2. The van der Waals surface area contributed by atoms with Gasteiger partial charge in [-0.3, -0.25) is 10.1 Å². The third kappa shape index (κ3) is 1.77. The zero-order valence-corrected chi connectivity index (χ0v) is 8.31. The zero-order chi connectivity index (χ0) is 11.0. The summed E-state index contributed by atoms with van der Waals surface area (Å²) in [7, 11) is 1.76. The third-order valence-corrected chi connectivity index (χ3v) is 2.62. The van der Waals surface area contributed by atoms with Crippen LogP contribution in [0.3, 0.4) is 0 Å². The fraction of sp³-hybridized carbons (Fsp3) is 0.400. The summed E-state index contributed by atoms with van der Waals surface area (Å²) in [5.41, 5.74) is -0.0607. The Morgan fingerprint density at radius 3 is 2.73 bits per heavy atom. The molecule has 0 saturated heterocycles. The second-order valence-corrected chi connectivity index (χ2v) is 3.71. The first kappa shape index (κ1) is 9.89. The van der Waals surface area contributed by atoms with Gasteiger partial charge in [0, 0.05) is 13.1 Å². The minimum Gasteiger partial charge on any atom is -0.366 e. The lowest BCUT2D eigenvalue weighted by Gasteiger charge is -2.18. The second-order valence-electron chi connectivity index (χ2n) is 3.71. The van der Waals surface area contributed by atoms with E-state index in [9.17, 15) is 14.5 Å². The van der Waals surface area contributed by atoms with Gasteiger partial charge in [0.1, 0.15) is 5.69 Å². The Bertz CT molecular complexity index is 404. The van der Waals surface area contributed by atoms with Gasteiger partial charge in [0.2, 0.25) is 5.82 Å². The summed E-state index contributed by atoms with van der Waals surface area (Å²) in [6.07, 6.45) is 2.04. The smallest absolute Gasteiger partial charge is 0.327 e. The monoisotopic (exact) mass is 210 g/mol. The number of hydrogen-bond acceptors (Lipinski definition) is 3. The van der Waals surface area contributed by atoms with Crippen LogP contribution in [0.15, 0.2) is 18.2 Å². The summed E-state index contributed by atoms with van der Waals surface area (Å²) in [6, 6.07) is 4.52. The SMILES string of the molecule is CN(c1cccc(F)c1[N+](=O)[O-])C1CC1. The highest BCUT2D eigenvalue weighted by molar-refractivity contribution is 5.64. The van der Waals surface area contributed by atoms with Gasteiger partial charge in [0.15, 0.2) is 0 Å². The summed E-state index contributed by atoms with van der Waals surface area (Å²) in [6.45, 7) is 0. The van der Waals surface area contributed by atoms with Gasteiger partial charge in [0.25, 0.3) is 0 Å². The summed E-state index contributed by atoms with van der Waals surface area (Å²) in [5, 5.41) is 10.7. The van der Waals surface area contributed by atoms with Crippen molar-refractivity contribution in [3.05, 3.63) is 34.1 Å². The highest BCUT2D eigenvalue weighted by Gasteiger charge is 2.31. The first-order chi connectivity index (χ1) is 7.11. The van der Waals surface area contributed by atoms with Gasteiger partial charge in [-0.2, -0.15) is 4.39 Å². The molecule has 0 atom stereocenters. The van der Waals surface area contributed by atoms with Crippen molar-refractivity contribution in [3.8, 4) is 0 Å². The van der Waals surface area contributed by atoms with Crippen molar-refractivity contribution >= 4 is 11.4 Å². The Morgan fingerprint density at radius 2 is 2.20 bits per heavy atom. The van der Waals surface area contributed by atoms with Crippen molar-refractivity contribution in [2.45, 2.75) is 18.9 Å². The van der Waals surface area contributed by atoms with Crippen LogP contribution in [0.2, 0.25) is 0 Å². The molecule has 0 radical (unpaired) electrons. The predicted molar refractivity (Wildman–Crippen MR) is 54.5 cm³/mol. The van der Waals surface area contributed by atoms with Crippen LogP contribution in [-0.4, -0.2) is 18.0 Å². The van der Waals surface area contributed by atoms with Crippen molar-refractivity contribution in [2.75, 3.05) is 11.9 Å². The number of halogens is 1. The Kier molecular flexibility index (Phi) is 2.30. The molecule has 1 aromatic carbocycles. The number of nitro benzene ring substituents is 1. The van der Waals surface area contributed by atoms with Gasteiger partial charge >= 0.3 is 5.69 Å². The standard InChI is InChI=1S/C10H11FN2O2/c1-12(7-5-6-7)9-4-2-3-8(11)10(9)13(14)15/h2-4,7H,5-6H2,1H3. The van der Waals surface area contributed by atoms with E-state index in [2.05, 4.69) is 0 Å². The van der Waals surface area contributed by atoms with Gasteiger partial charge in [-0.05, 0) is 25.0 Å². The summed E-state index contributed by atoms with van der Waals surface area (Å²) < 4.78 is 13.3. The van der Waals surface area contributed by atoms with Gasteiger partial charge in [0.05, 0.1) is 4.92 Å². The molecule has 1 aliphatic carbocycles. The van der Waals surface area contributed by atoms with Crippen molar-refractivity contribution in [1.29, 1.82) is 0 Å². The average Bonchev–Trinajstić information content (AvgIpc) is 2.98. The first-order valence-electron chi connectivity index (χ1n) is 4.77. The number of hydrogen-bond donors (Lipinski definition) is 0. The minimum absolute atomic E-state index is 0.325. The van der Waals surface area contributed by atoms with Crippen LogP contribution in [0.1, 0.15) is 12.8 Å². The maximum Gasteiger partial charge on any atom is 0.327 e. The molecule has 0 aromatic heterocycles. The lowest BCUT2D eigenvalue weighted by Crippen LogP contribution is -2.20.